The van der Waals surface area contributed by atoms with Gasteiger partial charge in [0.05, 0.1) is 35.4 Å². The maximum absolute atomic E-state index is 13.9. The maximum Gasteiger partial charge on any atom is 0.408 e. The number of ether oxygens (including phenoxy) is 3. The third-order valence-electron chi connectivity index (χ3n) is 6.86. The minimum atomic E-state index is -1.57. The van der Waals surface area contributed by atoms with Crippen LogP contribution in [0, 0.1) is 11.6 Å². The summed E-state index contributed by atoms with van der Waals surface area (Å²) in [5, 5.41) is 2.71. The van der Waals surface area contributed by atoms with Crippen molar-refractivity contribution >= 4 is 28.9 Å². The number of aromatic nitrogens is 2. The molecule has 4 heterocycles. The lowest BCUT2D eigenvalue weighted by molar-refractivity contribution is -0.166. The van der Waals surface area contributed by atoms with E-state index in [9.17, 15) is 28.0 Å². The van der Waals surface area contributed by atoms with Gasteiger partial charge in [-0.25, -0.2) is 18.6 Å². The molecular formula is C28H27F2N3O7. The molecule has 1 N–H and O–H groups in total. The summed E-state index contributed by atoms with van der Waals surface area (Å²) in [4.78, 5) is 55.7. The second-order valence-corrected chi connectivity index (χ2v) is 10.8. The van der Waals surface area contributed by atoms with E-state index in [1.807, 2.05) is 0 Å². The third-order valence-corrected chi connectivity index (χ3v) is 6.86. The van der Waals surface area contributed by atoms with Gasteiger partial charge in [0.15, 0.2) is 11.6 Å². The molecule has 2 aliphatic heterocycles. The number of nitrogens with one attached hydrogen (secondary N) is 1. The van der Waals surface area contributed by atoms with Crippen molar-refractivity contribution in [3.63, 3.8) is 0 Å². The molecule has 0 saturated carbocycles. The van der Waals surface area contributed by atoms with Crippen LogP contribution in [0.15, 0.2) is 29.1 Å². The van der Waals surface area contributed by atoms with Crippen LogP contribution >= 0.6 is 0 Å². The van der Waals surface area contributed by atoms with Gasteiger partial charge in [-0.3, -0.25) is 14.4 Å². The molecule has 1 aromatic carbocycles. The van der Waals surface area contributed by atoms with E-state index in [-0.39, 0.29) is 42.6 Å². The third kappa shape index (κ3) is 4.89. The summed E-state index contributed by atoms with van der Waals surface area (Å²) in [5.74, 6) is -3.58. The molecule has 0 fully saturated rings. The van der Waals surface area contributed by atoms with Crippen LogP contribution in [0.1, 0.15) is 57.2 Å². The highest BCUT2D eigenvalue weighted by Gasteiger charge is 2.44. The molecule has 40 heavy (non-hydrogen) atoms. The molecule has 1 amide bonds. The molecule has 0 spiro atoms. The summed E-state index contributed by atoms with van der Waals surface area (Å²) < 4.78 is 45.5. The van der Waals surface area contributed by atoms with Crippen molar-refractivity contribution in [2.24, 2.45) is 0 Å². The molecule has 3 aromatic rings. The lowest BCUT2D eigenvalue weighted by Crippen LogP contribution is -2.41. The summed E-state index contributed by atoms with van der Waals surface area (Å²) >= 11 is 0. The highest BCUT2D eigenvalue weighted by molar-refractivity contribution is 5.84. The van der Waals surface area contributed by atoms with Crippen LogP contribution in [0.4, 0.5) is 13.6 Å². The van der Waals surface area contributed by atoms with Crippen LogP contribution in [0.3, 0.4) is 0 Å². The van der Waals surface area contributed by atoms with Crippen molar-refractivity contribution in [3.8, 4) is 11.4 Å². The van der Waals surface area contributed by atoms with Gasteiger partial charge in [-0.15, -0.1) is 0 Å². The Kier molecular flexibility index (Phi) is 6.59. The Hall–Kier alpha value is -4.35. The molecule has 0 saturated heterocycles. The maximum atomic E-state index is 13.9. The van der Waals surface area contributed by atoms with Gasteiger partial charge >= 0.3 is 18.0 Å². The Bertz CT molecular complexity index is 1640. The van der Waals surface area contributed by atoms with Crippen LogP contribution in [0.5, 0.6) is 0 Å². The average molecular weight is 556 g/mol. The van der Waals surface area contributed by atoms with E-state index in [0.29, 0.717) is 22.3 Å². The summed E-state index contributed by atoms with van der Waals surface area (Å²) in [5.41, 5.74) is -0.816. The number of rotatable bonds is 4. The van der Waals surface area contributed by atoms with Crippen LogP contribution in [-0.4, -0.2) is 39.7 Å². The first-order valence-corrected chi connectivity index (χ1v) is 12.7. The number of cyclic esters (lactones) is 1. The lowest BCUT2D eigenvalue weighted by Gasteiger charge is -2.32. The van der Waals surface area contributed by atoms with Crippen molar-refractivity contribution in [2.75, 3.05) is 6.54 Å². The Morgan fingerprint density at radius 2 is 1.88 bits per heavy atom. The van der Waals surface area contributed by atoms with Crippen LogP contribution < -0.4 is 10.9 Å². The number of pyridine rings is 2. The Labute approximate surface area is 227 Å². The molecule has 0 unspecified atom stereocenters. The van der Waals surface area contributed by atoms with Crippen molar-refractivity contribution < 1.29 is 37.4 Å². The second kappa shape index (κ2) is 9.68. The first-order valence-electron chi connectivity index (χ1n) is 12.7. The minimum Gasteiger partial charge on any atom is -0.460 e. The molecule has 0 bridgehead atoms. The summed E-state index contributed by atoms with van der Waals surface area (Å²) in [6, 6.07) is 5.30. The first-order chi connectivity index (χ1) is 18.8. The Balaban J connectivity index is 1.56. The first kappa shape index (κ1) is 27.2. The number of halogens is 2. The van der Waals surface area contributed by atoms with Gasteiger partial charge in [0.1, 0.15) is 24.4 Å². The van der Waals surface area contributed by atoms with Crippen molar-refractivity contribution in [1.82, 2.24) is 14.9 Å². The van der Waals surface area contributed by atoms with Gasteiger partial charge in [0.25, 0.3) is 5.56 Å². The number of amides is 1. The molecule has 2 aromatic heterocycles. The van der Waals surface area contributed by atoms with Crippen molar-refractivity contribution in [3.05, 3.63) is 62.9 Å². The largest absolute Gasteiger partial charge is 0.460 e. The molecule has 0 aliphatic carbocycles. The average Bonchev–Trinajstić information content (AvgIpc) is 3.15. The zero-order valence-electron chi connectivity index (χ0n) is 22.4. The molecule has 12 heteroatoms. The van der Waals surface area contributed by atoms with Gasteiger partial charge in [0, 0.05) is 22.6 Å². The van der Waals surface area contributed by atoms with E-state index in [1.165, 1.54) is 4.57 Å². The van der Waals surface area contributed by atoms with E-state index in [4.69, 9.17) is 14.2 Å². The fourth-order valence-corrected chi connectivity index (χ4v) is 5.04. The number of carbonyl (C=O) groups excluding carboxylic acids is 3. The van der Waals surface area contributed by atoms with Gasteiger partial charge < -0.3 is 24.1 Å². The van der Waals surface area contributed by atoms with E-state index in [2.05, 4.69) is 10.3 Å². The number of esters is 2. The molecule has 0 radical (unpaired) electrons. The standard InChI is InChI=1S/C28H27F2N3O7/c1-5-28(39-23(35)11-31-26(37)40-27(2,3)4)10-22(34)38-13-16-17(28)8-21-24-15(12-33(21)25(16)36)6-14-7-18(29)19(30)9-20(14)32-24/h6-9H,5,10-13H2,1-4H3,(H,31,37)/t28-/m1/s1. The van der Waals surface area contributed by atoms with Gasteiger partial charge in [-0.2, -0.15) is 0 Å². The predicted molar refractivity (Wildman–Crippen MR) is 137 cm³/mol. The van der Waals surface area contributed by atoms with Crippen LogP contribution in [-0.2, 0) is 42.6 Å². The smallest absolute Gasteiger partial charge is 0.408 e. The summed E-state index contributed by atoms with van der Waals surface area (Å²) in [6.45, 7) is 5.96. The zero-order valence-corrected chi connectivity index (χ0v) is 22.4. The number of carbonyl (C=O) groups is 3. The normalized spacial score (nSPS) is 17.8. The van der Waals surface area contributed by atoms with E-state index in [1.54, 1.807) is 39.8 Å². The van der Waals surface area contributed by atoms with Crippen LogP contribution in [0.2, 0.25) is 0 Å². The molecule has 10 nitrogen and oxygen atoms in total. The minimum absolute atomic E-state index is 0.110. The summed E-state index contributed by atoms with van der Waals surface area (Å²) in [7, 11) is 0. The van der Waals surface area contributed by atoms with Gasteiger partial charge in [-0.05, 0) is 45.4 Å². The number of benzene rings is 1. The Morgan fingerprint density at radius 3 is 2.58 bits per heavy atom. The highest BCUT2D eigenvalue weighted by Crippen LogP contribution is 2.41. The van der Waals surface area contributed by atoms with Crippen molar-refractivity contribution in [1.29, 1.82) is 0 Å². The van der Waals surface area contributed by atoms with E-state index >= 15 is 0 Å². The fourth-order valence-electron chi connectivity index (χ4n) is 5.04. The molecule has 2 aliphatic rings. The lowest BCUT2D eigenvalue weighted by atomic mass is 9.85. The monoisotopic (exact) mass is 555 g/mol. The number of hydrogen-bond acceptors (Lipinski definition) is 8. The van der Waals surface area contributed by atoms with Crippen LogP contribution in [0.25, 0.3) is 22.3 Å². The quantitative estimate of drug-likeness (QED) is 0.298. The van der Waals surface area contributed by atoms with Crippen molar-refractivity contribution in [2.45, 2.75) is 64.9 Å². The highest BCUT2D eigenvalue weighted by atomic mass is 19.2. The number of hydrogen-bond donors (Lipinski definition) is 1. The fraction of sp³-hybridized carbons (Fsp3) is 0.393. The predicted octanol–water partition coefficient (Wildman–Crippen LogP) is 3.82. The topological polar surface area (TPSA) is 126 Å². The van der Waals surface area contributed by atoms with Gasteiger partial charge in [0.2, 0.25) is 0 Å². The zero-order chi connectivity index (χ0) is 29.0. The molecule has 1 atom stereocenters. The second-order valence-electron chi connectivity index (χ2n) is 10.8. The number of fused-ring (bicyclic) bond motifs is 5. The van der Waals surface area contributed by atoms with E-state index < -0.39 is 53.0 Å². The van der Waals surface area contributed by atoms with Gasteiger partial charge in [-0.1, -0.05) is 6.92 Å². The summed E-state index contributed by atoms with van der Waals surface area (Å²) in [6.07, 6.45) is -1.07. The number of alkyl carbamates (subject to hydrolysis) is 1. The Morgan fingerprint density at radius 1 is 1.15 bits per heavy atom. The number of nitrogens with zero attached hydrogens (tertiary/aromatic N) is 2. The molecule has 5 rings (SSSR count). The molecular weight excluding hydrogens is 528 g/mol. The molecule has 210 valence electrons. The van der Waals surface area contributed by atoms with E-state index in [0.717, 1.165) is 12.1 Å². The SMILES string of the molecule is CC[C@@]1(OC(=O)CNC(=O)OC(C)(C)C)CC(=O)OCc2c1cc1n(c2=O)Cc2cc3cc(F)c(F)cc3nc2-1.